The van der Waals surface area contributed by atoms with Crippen LogP contribution in [0.4, 0.5) is 0 Å². The van der Waals surface area contributed by atoms with E-state index in [-0.39, 0.29) is 18.0 Å². The van der Waals surface area contributed by atoms with Crippen molar-refractivity contribution in [2.45, 2.75) is 26.9 Å². The van der Waals surface area contributed by atoms with Crippen molar-refractivity contribution in [1.82, 2.24) is 29.4 Å². The lowest BCUT2D eigenvalue weighted by atomic mass is 10.2. The Morgan fingerprint density at radius 1 is 0.882 bits per heavy atom. The molecule has 8 heteroatoms. The molecule has 0 atom stereocenters. The van der Waals surface area contributed by atoms with Crippen LogP contribution in [-0.2, 0) is 17.9 Å². The van der Waals surface area contributed by atoms with Gasteiger partial charge in [-0.25, -0.2) is 9.36 Å². The molecule has 1 aliphatic rings. The number of benzene rings is 2. The maximum absolute atomic E-state index is 13.2. The molecule has 0 unspecified atom stereocenters. The molecule has 0 aliphatic carbocycles. The average molecular weight is 457 g/mol. The number of aromatic nitrogens is 4. The number of rotatable bonds is 5. The molecule has 4 aromatic rings. The van der Waals surface area contributed by atoms with Gasteiger partial charge in [-0.3, -0.25) is 14.5 Å². The smallest absolute Gasteiger partial charge is 0.295 e. The van der Waals surface area contributed by atoms with Crippen molar-refractivity contribution in [3.8, 4) is 5.69 Å². The summed E-state index contributed by atoms with van der Waals surface area (Å²) in [5.41, 5.74) is 3.70. The first kappa shape index (κ1) is 22.0. The van der Waals surface area contributed by atoms with Gasteiger partial charge in [-0.1, -0.05) is 48.5 Å². The zero-order chi connectivity index (χ0) is 23.7. The second-order valence-electron chi connectivity index (χ2n) is 8.75. The number of hydrogen-bond acceptors (Lipinski definition) is 5. The van der Waals surface area contributed by atoms with Crippen molar-refractivity contribution in [2.75, 3.05) is 26.2 Å². The van der Waals surface area contributed by atoms with E-state index in [4.69, 9.17) is 0 Å². The second kappa shape index (κ2) is 9.23. The summed E-state index contributed by atoms with van der Waals surface area (Å²) in [6.07, 6.45) is 0. The Morgan fingerprint density at radius 2 is 1.53 bits per heavy atom. The van der Waals surface area contributed by atoms with Gasteiger partial charge in [-0.05, 0) is 31.5 Å². The van der Waals surface area contributed by atoms with Crippen LogP contribution in [0.1, 0.15) is 17.0 Å². The molecule has 34 heavy (non-hydrogen) atoms. The van der Waals surface area contributed by atoms with E-state index < -0.39 is 0 Å². The fourth-order valence-electron chi connectivity index (χ4n) is 4.64. The fourth-order valence-corrected chi connectivity index (χ4v) is 4.64. The first-order valence-corrected chi connectivity index (χ1v) is 11.6. The number of aryl methyl sites for hydroxylation is 2. The van der Waals surface area contributed by atoms with Crippen molar-refractivity contribution < 1.29 is 4.79 Å². The second-order valence-corrected chi connectivity index (χ2v) is 8.75. The highest BCUT2D eigenvalue weighted by Gasteiger charge is 2.23. The molecule has 0 radical (unpaired) electrons. The summed E-state index contributed by atoms with van der Waals surface area (Å²) in [7, 11) is 0. The van der Waals surface area contributed by atoms with Crippen molar-refractivity contribution >= 4 is 16.8 Å². The van der Waals surface area contributed by atoms with Gasteiger partial charge in [0, 0.05) is 32.7 Å². The predicted molar refractivity (Wildman–Crippen MR) is 131 cm³/mol. The minimum atomic E-state index is -0.338. The van der Waals surface area contributed by atoms with E-state index in [9.17, 15) is 9.59 Å². The minimum Gasteiger partial charge on any atom is -0.339 e. The number of hydrogen-bond donors (Lipinski definition) is 0. The lowest BCUT2D eigenvalue weighted by Crippen LogP contribution is -2.49. The molecule has 5 rings (SSSR count). The van der Waals surface area contributed by atoms with E-state index >= 15 is 0 Å². The topological polar surface area (TPSA) is 76.3 Å². The Kier molecular flexibility index (Phi) is 5.98. The monoisotopic (exact) mass is 456 g/mol. The Balaban J connectivity index is 1.32. The van der Waals surface area contributed by atoms with Crippen LogP contribution in [0.5, 0.6) is 0 Å². The van der Waals surface area contributed by atoms with Crippen molar-refractivity contribution in [3.05, 3.63) is 88.0 Å². The van der Waals surface area contributed by atoms with E-state index in [1.807, 2.05) is 67.3 Å². The van der Waals surface area contributed by atoms with Gasteiger partial charge in [0.05, 0.1) is 22.5 Å². The van der Waals surface area contributed by atoms with Gasteiger partial charge >= 0.3 is 0 Å². The molecule has 0 N–H and O–H groups in total. The van der Waals surface area contributed by atoms with Crippen molar-refractivity contribution in [1.29, 1.82) is 0 Å². The Labute approximate surface area is 198 Å². The van der Waals surface area contributed by atoms with Crippen LogP contribution < -0.4 is 5.56 Å². The normalized spacial score (nSPS) is 14.6. The third-order valence-electron chi connectivity index (χ3n) is 6.45. The lowest BCUT2D eigenvalue weighted by Gasteiger charge is -2.34. The van der Waals surface area contributed by atoms with Crippen LogP contribution in [0.3, 0.4) is 0 Å². The number of carbonyl (C=O) groups is 1. The van der Waals surface area contributed by atoms with E-state index in [1.165, 1.54) is 10.2 Å². The summed E-state index contributed by atoms with van der Waals surface area (Å²) in [5, 5.41) is 9.79. The standard InChI is InChI=1S/C26H28N6O2/c1-19-24-20(2)32(22-11-7-4-8-12-22)28-25(24)26(34)31(27-19)18-23(33)30-15-13-29(14-16-30)17-21-9-5-3-6-10-21/h3-12H,13-18H2,1-2H3. The van der Waals surface area contributed by atoms with E-state index in [0.29, 0.717) is 24.3 Å². The molecule has 3 heterocycles. The van der Waals surface area contributed by atoms with Gasteiger partial charge in [0.15, 0.2) is 5.52 Å². The summed E-state index contributed by atoms with van der Waals surface area (Å²) >= 11 is 0. The first-order chi connectivity index (χ1) is 16.5. The summed E-state index contributed by atoms with van der Waals surface area (Å²) in [6.45, 7) is 7.49. The molecule has 2 aromatic carbocycles. The van der Waals surface area contributed by atoms with Gasteiger partial charge < -0.3 is 4.90 Å². The highest BCUT2D eigenvalue weighted by atomic mass is 16.2. The number of nitrogens with zero attached hydrogens (tertiary/aromatic N) is 6. The fraction of sp³-hybridized carbons (Fsp3) is 0.308. The summed E-state index contributed by atoms with van der Waals surface area (Å²) in [4.78, 5) is 30.4. The van der Waals surface area contributed by atoms with Crippen molar-refractivity contribution in [3.63, 3.8) is 0 Å². The molecule has 1 fully saturated rings. The SMILES string of the molecule is Cc1nn(CC(=O)N2CCN(Cc3ccccc3)CC2)c(=O)c2nn(-c3ccccc3)c(C)c12. The van der Waals surface area contributed by atoms with Crippen LogP contribution in [0.2, 0.25) is 0 Å². The molecular formula is C26H28N6O2. The third-order valence-corrected chi connectivity index (χ3v) is 6.45. The summed E-state index contributed by atoms with van der Waals surface area (Å²) in [6, 6.07) is 20.0. The van der Waals surface area contributed by atoms with E-state index in [2.05, 4.69) is 27.2 Å². The molecule has 174 valence electrons. The van der Waals surface area contributed by atoms with Gasteiger partial charge in [0.25, 0.3) is 5.56 Å². The van der Waals surface area contributed by atoms with Gasteiger partial charge in [0.1, 0.15) is 6.54 Å². The zero-order valence-electron chi connectivity index (χ0n) is 19.5. The minimum absolute atomic E-state index is 0.0778. The molecule has 0 bridgehead atoms. The van der Waals surface area contributed by atoms with E-state index in [0.717, 1.165) is 36.4 Å². The molecular weight excluding hydrogens is 428 g/mol. The maximum Gasteiger partial charge on any atom is 0.295 e. The van der Waals surface area contributed by atoms with Crippen LogP contribution >= 0.6 is 0 Å². The average Bonchev–Trinajstić information content (AvgIpc) is 3.22. The molecule has 1 saturated heterocycles. The number of piperazine rings is 1. The van der Waals surface area contributed by atoms with Crippen LogP contribution in [-0.4, -0.2) is 61.4 Å². The van der Waals surface area contributed by atoms with Gasteiger partial charge in [0.2, 0.25) is 5.91 Å². The number of fused-ring (bicyclic) bond motifs is 1. The lowest BCUT2D eigenvalue weighted by molar-refractivity contribution is -0.133. The predicted octanol–water partition coefficient (Wildman–Crippen LogP) is 2.54. The number of para-hydroxylation sites is 1. The Hall–Kier alpha value is -3.78. The van der Waals surface area contributed by atoms with Crippen LogP contribution in [0.25, 0.3) is 16.6 Å². The third kappa shape index (κ3) is 4.24. The molecule has 2 aromatic heterocycles. The largest absolute Gasteiger partial charge is 0.339 e. The van der Waals surface area contributed by atoms with Crippen molar-refractivity contribution in [2.24, 2.45) is 0 Å². The Morgan fingerprint density at radius 3 is 2.21 bits per heavy atom. The highest BCUT2D eigenvalue weighted by molar-refractivity contribution is 5.84. The number of carbonyl (C=O) groups excluding carboxylic acids is 1. The summed E-state index contributed by atoms with van der Waals surface area (Å²) in [5.74, 6) is -0.0908. The Bertz CT molecular complexity index is 1370. The highest BCUT2D eigenvalue weighted by Crippen LogP contribution is 2.21. The first-order valence-electron chi connectivity index (χ1n) is 11.6. The van der Waals surface area contributed by atoms with Crippen LogP contribution in [0, 0.1) is 13.8 Å². The number of amides is 1. The molecule has 0 saturated carbocycles. The molecule has 1 aliphatic heterocycles. The molecule has 8 nitrogen and oxygen atoms in total. The maximum atomic E-state index is 13.2. The van der Waals surface area contributed by atoms with Crippen LogP contribution in [0.15, 0.2) is 65.5 Å². The van der Waals surface area contributed by atoms with Gasteiger partial charge in [-0.2, -0.15) is 10.2 Å². The van der Waals surface area contributed by atoms with Gasteiger partial charge in [-0.15, -0.1) is 0 Å². The molecule has 1 amide bonds. The quantitative estimate of drug-likeness (QED) is 0.461. The zero-order valence-corrected chi connectivity index (χ0v) is 19.5. The summed E-state index contributed by atoms with van der Waals surface area (Å²) < 4.78 is 3.02. The molecule has 0 spiro atoms. The van der Waals surface area contributed by atoms with E-state index in [1.54, 1.807) is 4.68 Å².